The third-order valence-electron chi connectivity index (χ3n) is 4.98. The maximum Gasteiger partial charge on any atom is 0.227 e. The summed E-state index contributed by atoms with van der Waals surface area (Å²) in [7, 11) is 0. The van der Waals surface area contributed by atoms with Gasteiger partial charge in [0.1, 0.15) is 0 Å². The Morgan fingerprint density at radius 1 is 1.14 bits per heavy atom. The molecule has 8 heteroatoms. The van der Waals surface area contributed by atoms with Crippen LogP contribution >= 0.6 is 0 Å². The van der Waals surface area contributed by atoms with Crippen molar-refractivity contribution in [1.29, 1.82) is 5.41 Å². The zero-order chi connectivity index (χ0) is 20.2. The maximum absolute atomic E-state index is 12.5. The van der Waals surface area contributed by atoms with Crippen molar-refractivity contribution in [3.63, 3.8) is 0 Å². The van der Waals surface area contributed by atoms with Crippen LogP contribution < -0.4 is 21.7 Å². The van der Waals surface area contributed by atoms with Crippen molar-refractivity contribution in [2.45, 2.75) is 6.42 Å². The molecular formula is C21H24N6O2. The van der Waals surface area contributed by atoms with Crippen LogP contribution in [0.15, 0.2) is 60.4 Å². The number of nitrogen functional groups attached to an aromatic ring is 1. The van der Waals surface area contributed by atoms with E-state index in [4.69, 9.17) is 15.9 Å². The van der Waals surface area contributed by atoms with Gasteiger partial charge >= 0.3 is 0 Å². The summed E-state index contributed by atoms with van der Waals surface area (Å²) in [5.74, 6) is 0.107. The normalized spacial score (nSPS) is 16.3. The minimum atomic E-state index is 0.107. The highest BCUT2D eigenvalue weighted by atomic mass is 16.5. The number of rotatable bonds is 5. The van der Waals surface area contributed by atoms with Crippen molar-refractivity contribution in [2.24, 2.45) is 0 Å². The van der Waals surface area contributed by atoms with E-state index in [0.717, 1.165) is 11.3 Å². The van der Waals surface area contributed by atoms with Crippen LogP contribution in [0.1, 0.15) is 11.1 Å². The average Bonchev–Trinajstić information content (AvgIpc) is 3.25. The number of hydrogen-bond acceptors (Lipinski definition) is 7. The number of ether oxygens (including phenoxy) is 1. The van der Waals surface area contributed by atoms with E-state index in [2.05, 4.69) is 11.0 Å². The molecule has 1 amide bonds. The number of hydrazine groups is 2. The molecule has 0 aromatic heterocycles. The fourth-order valence-corrected chi connectivity index (χ4v) is 3.37. The van der Waals surface area contributed by atoms with E-state index in [9.17, 15) is 4.79 Å². The van der Waals surface area contributed by atoms with E-state index in [1.165, 1.54) is 0 Å². The minimum absolute atomic E-state index is 0.107. The van der Waals surface area contributed by atoms with E-state index >= 15 is 0 Å². The number of morpholine rings is 1. The first-order chi connectivity index (χ1) is 14.1. The third-order valence-corrected chi connectivity index (χ3v) is 4.98. The number of nitrogens with two attached hydrogens (primary N) is 1. The number of allylic oxidation sites excluding steroid dienone is 1. The number of para-hydroxylation sites is 1. The van der Waals surface area contributed by atoms with Gasteiger partial charge in [0, 0.05) is 24.3 Å². The highest BCUT2D eigenvalue weighted by Crippen LogP contribution is 2.21. The summed E-state index contributed by atoms with van der Waals surface area (Å²) in [5.41, 5.74) is 16.0. The number of nitrogens with zero attached hydrogens (tertiary/aromatic N) is 2. The summed E-state index contributed by atoms with van der Waals surface area (Å²) < 4.78 is 5.31. The quantitative estimate of drug-likeness (QED) is 0.453. The fraction of sp³-hybridized carbons (Fsp3) is 0.238. The summed E-state index contributed by atoms with van der Waals surface area (Å²) in [5, 5.41) is 10.2. The van der Waals surface area contributed by atoms with Crippen molar-refractivity contribution >= 4 is 23.0 Å². The molecule has 0 atom stereocenters. The first kappa shape index (κ1) is 19.0. The Morgan fingerprint density at radius 2 is 1.93 bits per heavy atom. The molecule has 4 rings (SSSR count). The maximum atomic E-state index is 12.5. The first-order valence-corrected chi connectivity index (χ1v) is 9.53. The van der Waals surface area contributed by atoms with E-state index in [-0.39, 0.29) is 5.91 Å². The van der Waals surface area contributed by atoms with Crippen molar-refractivity contribution in [1.82, 2.24) is 15.9 Å². The minimum Gasteiger partial charge on any atom is -0.398 e. The van der Waals surface area contributed by atoms with Crippen LogP contribution in [0.25, 0.3) is 0 Å². The molecule has 0 unspecified atom stereocenters. The molecule has 1 saturated heterocycles. The van der Waals surface area contributed by atoms with Crippen LogP contribution in [0.2, 0.25) is 0 Å². The second kappa shape index (κ2) is 8.34. The number of amides is 1. The Kier molecular flexibility index (Phi) is 5.46. The molecule has 0 aliphatic carbocycles. The molecule has 5 N–H and O–H groups in total. The van der Waals surface area contributed by atoms with Gasteiger partial charge in [0.25, 0.3) is 0 Å². The van der Waals surface area contributed by atoms with Crippen LogP contribution in [0.4, 0.5) is 11.4 Å². The van der Waals surface area contributed by atoms with Crippen molar-refractivity contribution < 1.29 is 9.53 Å². The zero-order valence-corrected chi connectivity index (χ0v) is 16.0. The molecule has 2 heterocycles. The first-order valence-electron chi connectivity index (χ1n) is 9.53. The Bertz CT molecular complexity index is 952. The number of benzene rings is 2. The van der Waals surface area contributed by atoms with Gasteiger partial charge in [-0.15, -0.1) is 5.53 Å². The lowest BCUT2D eigenvalue weighted by molar-refractivity contribution is -0.134. The van der Waals surface area contributed by atoms with Gasteiger partial charge in [0.15, 0.2) is 0 Å². The standard InChI is InChI=1S/C21H24N6O2/c22-18-7-2-1-6-17(18)21(23)19-14-27(25-24-19)16-5-3-4-15(12-16)13-20(28)26-8-10-29-11-9-26/h1-7,12,14,23-25H,8-11,13,22H2. The molecule has 2 aliphatic rings. The molecule has 29 heavy (non-hydrogen) atoms. The predicted octanol–water partition coefficient (Wildman–Crippen LogP) is 1.41. The Labute approximate surface area is 169 Å². The summed E-state index contributed by atoms with van der Waals surface area (Å²) in [6.45, 7) is 2.49. The van der Waals surface area contributed by atoms with Crippen molar-refractivity contribution in [2.75, 3.05) is 37.0 Å². The molecule has 1 fully saturated rings. The SMILES string of the molecule is N=C(C1=CN(c2cccc(CC(=O)N3CCOCC3)c2)NN1)c1ccccc1N. The van der Waals surface area contributed by atoms with Gasteiger partial charge in [-0.2, -0.15) is 0 Å². The lowest BCUT2D eigenvalue weighted by Gasteiger charge is -2.27. The van der Waals surface area contributed by atoms with Crippen LogP contribution in [-0.2, 0) is 16.0 Å². The van der Waals surface area contributed by atoms with Gasteiger partial charge in [0.2, 0.25) is 5.91 Å². The predicted molar refractivity (Wildman–Crippen MR) is 112 cm³/mol. The van der Waals surface area contributed by atoms with Crippen molar-refractivity contribution in [3.8, 4) is 0 Å². The molecule has 2 aliphatic heterocycles. The fourth-order valence-electron chi connectivity index (χ4n) is 3.37. The smallest absolute Gasteiger partial charge is 0.227 e. The van der Waals surface area contributed by atoms with Gasteiger partial charge in [-0.3, -0.25) is 20.6 Å². The van der Waals surface area contributed by atoms with E-state index in [0.29, 0.717) is 55.4 Å². The molecule has 8 nitrogen and oxygen atoms in total. The van der Waals surface area contributed by atoms with Gasteiger partial charge in [-0.1, -0.05) is 30.3 Å². The molecule has 0 saturated carbocycles. The van der Waals surface area contributed by atoms with Crippen LogP contribution in [-0.4, -0.2) is 42.8 Å². The third kappa shape index (κ3) is 4.23. The summed E-state index contributed by atoms with van der Waals surface area (Å²) in [4.78, 5) is 14.3. The summed E-state index contributed by atoms with van der Waals surface area (Å²) >= 11 is 0. The van der Waals surface area contributed by atoms with E-state index in [1.807, 2.05) is 47.4 Å². The molecule has 2 aromatic rings. The zero-order valence-electron chi connectivity index (χ0n) is 16.0. The summed E-state index contributed by atoms with van der Waals surface area (Å²) in [6, 6.07) is 15.1. The Balaban J connectivity index is 1.46. The van der Waals surface area contributed by atoms with Gasteiger partial charge in [-0.05, 0) is 23.8 Å². The molecule has 150 valence electrons. The highest BCUT2D eigenvalue weighted by molar-refractivity contribution is 6.13. The number of hydrogen-bond donors (Lipinski definition) is 4. The van der Waals surface area contributed by atoms with Gasteiger partial charge in [-0.25, -0.2) is 0 Å². The number of anilines is 2. The Hall–Kier alpha value is -3.36. The molecular weight excluding hydrogens is 368 g/mol. The highest BCUT2D eigenvalue weighted by Gasteiger charge is 2.20. The lowest BCUT2D eigenvalue weighted by Crippen LogP contribution is -2.41. The summed E-state index contributed by atoms with van der Waals surface area (Å²) in [6.07, 6.45) is 2.15. The molecule has 0 spiro atoms. The van der Waals surface area contributed by atoms with E-state index < -0.39 is 0 Å². The average molecular weight is 392 g/mol. The van der Waals surface area contributed by atoms with Gasteiger partial charge in [0.05, 0.1) is 42.9 Å². The second-order valence-corrected chi connectivity index (χ2v) is 6.95. The molecule has 0 radical (unpaired) electrons. The lowest BCUT2D eigenvalue weighted by atomic mass is 10.1. The van der Waals surface area contributed by atoms with E-state index in [1.54, 1.807) is 17.3 Å². The topological polar surface area (TPSA) is 107 Å². The molecule has 0 bridgehead atoms. The van der Waals surface area contributed by atoms with Crippen LogP contribution in [0.5, 0.6) is 0 Å². The second-order valence-electron chi connectivity index (χ2n) is 6.95. The number of nitrogens with one attached hydrogen (secondary N) is 3. The Morgan fingerprint density at radius 3 is 2.72 bits per heavy atom. The number of carbonyl (C=O) groups excluding carboxylic acids is 1. The van der Waals surface area contributed by atoms with Gasteiger partial charge < -0.3 is 15.4 Å². The van der Waals surface area contributed by atoms with Crippen molar-refractivity contribution in [3.05, 3.63) is 71.6 Å². The van der Waals surface area contributed by atoms with Crippen LogP contribution in [0.3, 0.4) is 0 Å². The molecule has 2 aromatic carbocycles. The monoisotopic (exact) mass is 392 g/mol. The largest absolute Gasteiger partial charge is 0.398 e. The number of carbonyl (C=O) groups is 1. The van der Waals surface area contributed by atoms with Crippen LogP contribution in [0, 0.1) is 5.41 Å².